The molecule has 0 aromatic heterocycles. The summed E-state index contributed by atoms with van der Waals surface area (Å²) in [5.41, 5.74) is 1.35. The molecule has 2 amide bonds. The van der Waals surface area contributed by atoms with Crippen LogP contribution in [0.25, 0.3) is 0 Å². The molecule has 36 heavy (non-hydrogen) atoms. The van der Waals surface area contributed by atoms with E-state index < -0.39 is 39.9 Å². The first-order valence-electron chi connectivity index (χ1n) is 11.8. The molecule has 2 aromatic carbocycles. The van der Waals surface area contributed by atoms with Crippen LogP contribution in [-0.4, -0.2) is 49.5 Å². The van der Waals surface area contributed by atoms with Gasteiger partial charge in [-0.05, 0) is 68.5 Å². The van der Waals surface area contributed by atoms with Gasteiger partial charge in [0.05, 0.1) is 11.9 Å². The zero-order chi connectivity index (χ0) is 27.5. The Morgan fingerprint density at radius 2 is 1.47 bits per heavy atom. The quantitative estimate of drug-likeness (QED) is 0.566. The minimum absolute atomic E-state index is 0.0123. The van der Waals surface area contributed by atoms with E-state index in [1.807, 2.05) is 32.9 Å². The van der Waals surface area contributed by atoms with Crippen LogP contribution in [0.2, 0.25) is 0 Å². The second-order valence-corrected chi connectivity index (χ2v) is 13.0. The number of hydrogen-bond donors (Lipinski definition) is 1. The van der Waals surface area contributed by atoms with Crippen LogP contribution in [0.3, 0.4) is 0 Å². The largest absolute Gasteiger partial charge is 0.350 e. The first kappa shape index (κ1) is 29.3. The van der Waals surface area contributed by atoms with Crippen LogP contribution in [0.1, 0.15) is 59.6 Å². The van der Waals surface area contributed by atoms with Crippen molar-refractivity contribution in [3.63, 3.8) is 0 Å². The van der Waals surface area contributed by atoms with Crippen LogP contribution < -0.4 is 9.62 Å². The lowest BCUT2D eigenvalue weighted by atomic mass is 9.87. The van der Waals surface area contributed by atoms with E-state index in [9.17, 15) is 22.4 Å². The van der Waals surface area contributed by atoms with E-state index in [-0.39, 0.29) is 17.9 Å². The molecule has 2 aromatic rings. The van der Waals surface area contributed by atoms with Gasteiger partial charge in [0.25, 0.3) is 0 Å². The van der Waals surface area contributed by atoms with E-state index in [0.29, 0.717) is 11.3 Å². The van der Waals surface area contributed by atoms with Crippen molar-refractivity contribution in [3.05, 3.63) is 65.5 Å². The SMILES string of the molecule is CC(C(=O)NC(C)(C)C)N(Cc1ccc(F)cc1)C(=O)CN(c1ccc(C(C)(C)C)cc1)S(C)(=O)=O. The third-order valence-corrected chi connectivity index (χ3v) is 6.77. The highest BCUT2D eigenvalue weighted by atomic mass is 32.2. The van der Waals surface area contributed by atoms with Crippen molar-refractivity contribution in [2.45, 2.75) is 72.0 Å². The normalized spacial score (nSPS) is 13.1. The van der Waals surface area contributed by atoms with E-state index in [4.69, 9.17) is 0 Å². The number of hydrogen-bond acceptors (Lipinski definition) is 4. The van der Waals surface area contributed by atoms with Gasteiger partial charge >= 0.3 is 0 Å². The number of halogens is 1. The summed E-state index contributed by atoms with van der Waals surface area (Å²) in [5, 5.41) is 2.86. The molecular weight excluding hydrogens is 481 g/mol. The lowest BCUT2D eigenvalue weighted by Gasteiger charge is -2.33. The van der Waals surface area contributed by atoms with Gasteiger partial charge in [0.1, 0.15) is 18.4 Å². The van der Waals surface area contributed by atoms with E-state index >= 15 is 0 Å². The molecule has 1 atom stereocenters. The lowest BCUT2D eigenvalue weighted by molar-refractivity contribution is -0.140. The summed E-state index contributed by atoms with van der Waals surface area (Å²) in [6.45, 7) is 12.8. The number of benzene rings is 2. The number of amides is 2. The molecule has 0 aliphatic rings. The van der Waals surface area contributed by atoms with E-state index in [1.165, 1.54) is 29.2 Å². The summed E-state index contributed by atoms with van der Waals surface area (Å²) >= 11 is 0. The Hall–Kier alpha value is -2.94. The molecular formula is C27H38FN3O4S. The second kappa shape index (κ2) is 11.0. The van der Waals surface area contributed by atoms with Crippen molar-refractivity contribution >= 4 is 27.5 Å². The predicted octanol–water partition coefficient (Wildman–Crippen LogP) is 4.22. The number of rotatable bonds is 8. The maximum absolute atomic E-state index is 13.5. The van der Waals surface area contributed by atoms with Crippen molar-refractivity contribution in [3.8, 4) is 0 Å². The third kappa shape index (κ3) is 8.33. The number of carbonyl (C=O) groups excluding carboxylic acids is 2. The van der Waals surface area contributed by atoms with Gasteiger partial charge in [-0.3, -0.25) is 13.9 Å². The Balaban J connectivity index is 2.41. The first-order valence-corrected chi connectivity index (χ1v) is 13.7. The van der Waals surface area contributed by atoms with Crippen LogP contribution in [0.5, 0.6) is 0 Å². The Labute approximate surface area is 214 Å². The fourth-order valence-corrected chi connectivity index (χ4v) is 4.43. The summed E-state index contributed by atoms with van der Waals surface area (Å²) in [4.78, 5) is 27.8. The van der Waals surface area contributed by atoms with Gasteiger partial charge in [0.2, 0.25) is 21.8 Å². The van der Waals surface area contributed by atoms with Crippen LogP contribution in [0.15, 0.2) is 48.5 Å². The summed E-state index contributed by atoms with van der Waals surface area (Å²) in [6.07, 6.45) is 1.04. The van der Waals surface area contributed by atoms with Crippen LogP contribution in [0, 0.1) is 5.82 Å². The summed E-state index contributed by atoms with van der Waals surface area (Å²) in [6, 6.07) is 11.7. The number of carbonyl (C=O) groups is 2. The standard InChI is InChI=1S/C27H38FN3O4S/c1-19(25(33)29-27(5,6)7)30(17-20-9-13-22(28)14-10-20)24(32)18-31(36(8,34)35)23-15-11-21(12-16-23)26(2,3)4/h9-16,19H,17-18H2,1-8H3,(H,29,33). The molecule has 0 heterocycles. The number of sulfonamides is 1. The monoisotopic (exact) mass is 519 g/mol. The van der Waals surface area contributed by atoms with Crippen molar-refractivity contribution in [2.75, 3.05) is 17.1 Å². The maximum atomic E-state index is 13.5. The fraction of sp³-hybridized carbons (Fsp3) is 0.481. The molecule has 7 nitrogen and oxygen atoms in total. The van der Waals surface area contributed by atoms with Crippen molar-refractivity contribution in [2.24, 2.45) is 0 Å². The zero-order valence-electron chi connectivity index (χ0n) is 22.4. The number of anilines is 1. The molecule has 0 aliphatic heterocycles. The molecule has 1 N–H and O–H groups in total. The van der Waals surface area contributed by atoms with Gasteiger partial charge in [-0.15, -0.1) is 0 Å². The van der Waals surface area contributed by atoms with Gasteiger partial charge in [0.15, 0.2) is 0 Å². The molecule has 0 saturated carbocycles. The molecule has 198 valence electrons. The summed E-state index contributed by atoms with van der Waals surface area (Å²) in [7, 11) is -3.81. The van der Waals surface area contributed by atoms with Crippen molar-refractivity contribution in [1.29, 1.82) is 0 Å². The highest BCUT2D eigenvalue weighted by Gasteiger charge is 2.31. The molecule has 0 aliphatic carbocycles. The Morgan fingerprint density at radius 3 is 1.92 bits per heavy atom. The second-order valence-electron chi connectivity index (χ2n) is 11.1. The van der Waals surface area contributed by atoms with E-state index in [0.717, 1.165) is 16.1 Å². The Morgan fingerprint density at radius 1 is 0.944 bits per heavy atom. The topological polar surface area (TPSA) is 86.8 Å². The first-order chi connectivity index (χ1) is 16.4. The average Bonchev–Trinajstić information content (AvgIpc) is 2.74. The Kier molecular flexibility index (Phi) is 8.94. The molecule has 2 rings (SSSR count). The highest BCUT2D eigenvalue weighted by Crippen LogP contribution is 2.26. The summed E-state index contributed by atoms with van der Waals surface area (Å²) < 4.78 is 39.9. The minimum atomic E-state index is -3.81. The number of nitrogens with one attached hydrogen (secondary N) is 1. The molecule has 0 spiro atoms. The van der Waals surface area contributed by atoms with Gasteiger partial charge < -0.3 is 10.2 Å². The molecule has 0 fully saturated rings. The lowest BCUT2D eigenvalue weighted by Crippen LogP contribution is -2.54. The van der Waals surface area contributed by atoms with E-state index in [1.54, 1.807) is 19.1 Å². The van der Waals surface area contributed by atoms with Crippen LogP contribution in [0.4, 0.5) is 10.1 Å². The molecule has 0 radical (unpaired) electrons. The smallest absolute Gasteiger partial charge is 0.244 e. The van der Waals surface area contributed by atoms with Crippen molar-refractivity contribution < 1.29 is 22.4 Å². The van der Waals surface area contributed by atoms with Gasteiger partial charge in [-0.1, -0.05) is 45.0 Å². The molecule has 9 heteroatoms. The fourth-order valence-electron chi connectivity index (χ4n) is 3.58. The highest BCUT2D eigenvalue weighted by molar-refractivity contribution is 7.92. The van der Waals surface area contributed by atoms with Crippen molar-refractivity contribution in [1.82, 2.24) is 10.2 Å². The average molecular weight is 520 g/mol. The third-order valence-electron chi connectivity index (χ3n) is 5.63. The van der Waals surface area contributed by atoms with Gasteiger partial charge in [-0.2, -0.15) is 0 Å². The molecule has 0 bridgehead atoms. The van der Waals surface area contributed by atoms with Crippen LogP contribution in [-0.2, 0) is 31.6 Å². The Bertz CT molecular complexity index is 1170. The molecule has 1 unspecified atom stereocenters. The van der Waals surface area contributed by atoms with E-state index in [2.05, 4.69) is 26.1 Å². The number of nitrogens with zero attached hydrogens (tertiary/aromatic N) is 2. The minimum Gasteiger partial charge on any atom is -0.350 e. The van der Waals surface area contributed by atoms with Crippen LogP contribution >= 0.6 is 0 Å². The zero-order valence-corrected chi connectivity index (χ0v) is 23.2. The summed E-state index contributed by atoms with van der Waals surface area (Å²) in [5.74, 6) is -1.35. The predicted molar refractivity (Wildman–Crippen MR) is 142 cm³/mol. The van der Waals surface area contributed by atoms with Gasteiger partial charge in [-0.25, -0.2) is 12.8 Å². The maximum Gasteiger partial charge on any atom is 0.244 e. The van der Waals surface area contributed by atoms with Gasteiger partial charge in [0, 0.05) is 12.1 Å². The molecule has 0 saturated heterocycles.